The zero-order valence-corrected chi connectivity index (χ0v) is 12.6. The highest BCUT2D eigenvalue weighted by atomic mass is 32.2. The Balaban J connectivity index is 2.45. The maximum Gasteiger partial charge on any atom is 0.211 e. The van der Waals surface area contributed by atoms with Crippen LogP contribution in [-0.2, 0) is 10.0 Å². The number of rotatable bonds is 7. The minimum absolute atomic E-state index is 0.0756. The lowest BCUT2D eigenvalue weighted by Gasteiger charge is -2.29. The zero-order valence-electron chi connectivity index (χ0n) is 11.8. The van der Waals surface area contributed by atoms with E-state index in [0.29, 0.717) is 5.92 Å². The maximum atomic E-state index is 11.9. The number of sulfonamides is 1. The second-order valence-corrected chi connectivity index (χ2v) is 7.77. The molecular weight excluding hydrogens is 250 g/mol. The van der Waals surface area contributed by atoms with E-state index in [1.807, 2.05) is 13.8 Å². The third kappa shape index (κ3) is 4.86. The molecule has 18 heavy (non-hydrogen) atoms. The van der Waals surface area contributed by atoms with Crippen molar-refractivity contribution in [3.63, 3.8) is 0 Å². The summed E-state index contributed by atoms with van der Waals surface area (Å²) in [6.45, 7) is 5.73. The summed E-state index contributed by atoms with van der Waals surface area (Å²) >= 11 is 0. The maximum absolute atomic E-state index is 11.9. The summed E-state index contributed by atoms with van der Waals surface area (Å²) in [7, 11) is -3.25. The fourth-order valence-corrected chi connectivity index (χ4v) is 4.00. The molecule has 0 aromatic carbocycles. The molecule has 0 aromatic heterocycles. The number of hydrogen-bond donors (Lipinski definition) is 2. The molecule has 0 radical (unpaired) electrons. The molecule has 1 saturated carbocycles. The average Bonchev–Trinajstić information content (AvgIpc) is 2.77. The average molecular weight is 277 g/mol. The Hall–Kier alpha value is -0.130. The first-order valence-electron chi connectivity index (χ1n) is 6.96. The van der Waals surface area contributed by atoms with Crippen LogP contribution in [-0.4, -0.2) is 31.4 Å². The molecule has 0 aliphatic heterocycles. The van der Waals surface area contributed by atoms with Crippen molar-refractivity contribution < 1.29 is 13.5 Å². The van der Waals surface area contributed by atoms with Crippen molar-refractivity contribution in [3.8, 4) is 0 Å². The van der Waals surface area contributed by atoms with E-state index in [1.165, 1.54) is 0 Å². The van der Waals surface area contributed by atoms with E-state index in [9.17, 15) is 13.5 Å². The van der Waals surface area contributed by atoms with Gasteiger partial charge in [0.1, 0.15) is 0 Å². The quantitative estimate of drug-likeness (QED) is 0.747. The van der Waals surface area contributed by atoms with Gasteiger partial charge in [0.05, 0.1) is 11.4 Å². The molecule has 5 heteroatoms. The van der Waals surface area contributed by atoms with Crippen LogP contribution in [0.5, 0.6) is 0 Å². The minimum Gasteiger partial charge on any atom is -0.389 e. The van der Waals surface area contributed by atoms with Gasteiger partial charge in [-0.2, -0.15) is 0 Å². The van der Waals surface area contributed by atoms with Crippen molar-refractivity contribution in [2.75, 3.05) is 12.3 Å². The van der Waals surface area contributed by atoms with Crippen molar-refractivity contribution in [1.82, 2.24) is 4.72 Å². The third-order valence-electron chi connectivity index (χ3n) is 4.25. The SMILES string of the molecule is CCC(C)C(C)(O)CNS(=O)(=O)CC1CCCC1. The molecule has 1 rings (SSSR count). The molecule has 1 fully saturated rings. The molecule has 4 nitrogen and oxygen atoms in total. The van der Waals surface area contributed by atoms with Crippen LogP contribution in [0.3, 0.4) is 0 Å². The van der Waals surface area contributed by atoms with Gasteiger partial charge in [0, 0.05) is 6.54 Å². The third-order valence-corrected chi connectivity index (χ3v) is 5.75. The van der Waals surface area contributed by atoms with Gasteiger partial charge in [-0.1, -0.05) is 33.1 Å². The fourth-order valence-electron chi connectivity index (χ4n) is 2.42. The Labute approximate surface area is 111 Å². The molecule has 0 heterocycles. The van der Waals surface area contributed by atoms with Crippen LogP contribution in [0.4, 0.5) is 0 Å². The highest BCUT2D eigenvalue weighted by Crippen LogP contribution is 2.26. The van der Waals surface area contributed by atoms with Gasteiger partial charge in [0.2, 0.25) is 10.0 Å². The van der Waals surface area contributed by atoms with E-state index >= 15 is 0 Å². The van der Waals surface area contributed by atoms with Crippen LogP contribution < -0.4 is 4.72 Å². The van der Waals surface area contributed by atoms with Crippen molar-refractivity contribution in [1.29, 1.82) is 0 Å². The van der Waals surface area contributed by atoms with Gasteiger partial charge in [-0.3, -0.25) is 0 Å². The molecule has 0 spiro atoms. The van der Waals surface area contributed by atoms with Crippen LogP contribution in [0.25, 0.3) is 0 Å². The summed E-state index contributed by atoms with van der Waals surface area (Å²) in [5.41, 5.74) is -0.975. The van der Waals surface area contributed by atoms with Gasteiger partial charge in [-0.05, 0) is 31.6 Å². The standard InChI is InChI=1S/C13H27NO3S/c1-4-11(2)13(3,15)10-14-18(16,17)9-12-7-5-6-8-12/h11-12,14-15H,4-10H2,1-3H3. The Bertz CT molecular complexity index is 345. The number of nitrogens with one attached hydrogen (secondary N) is 1. The van der Waals surface area contributed by atoms with Gasteiger partial charge in [-0.15, -0.1) is 0 Å². The van der Waals surface area contributed by atoms with Crippen LogP contribution in [0.15, 0.2) is 0 Å². The van der Waals surface area contributed by atoms with Crippen LogP contribution in [0, 0.1) is 11.8 Å². The predicted molar refractivity (Wildman–Crippen MR) is 73.8 cm³/mol. The summed E-state index contributed by atoms with van der Waals surface area (Å²) in [6, 6.07) is 0. The van der Waals surface area contributed by atoms with E-state index in [0.717, 1.165) is 32.1 Å². The first-order chi connectivity index (χ1) is 8.27. The van der Waals surface area contributed by atoms with Gasteiger partial charge in [-0.25, -0.2) is 13.1 Å². The minimum atomic E-state index is -3.25. The molecule has 1 aliphatic rings. The number of hydrogen-bond acceptors (Lipinski definition) is 3. The first kappa shape index (κ1) is 15.9. The molecule has 2 unspecified atom stereocenters. The first-order valence-corrected chi connectivity index (χ1v) is 8.62. The molecule has 0 bridgehead atoms. The molecular formula is C13H27NO3S. The predicted octanol–water partition coefficient (Wildman–Crippen LogP) is 1.89. The highest BCUT2D eigenvalue weighted by molar-refractivity contribution is 7.89. The van der Waals surface area contributed by atoms with Gasteiger partial charge in [0.15, 0.2) is 0 Å². The molecule has 0 saturated heterocycles. The summed E-state index contributed by atoms with van der Waals surface area (Å²) in [4.78, 5) is 0. The lowest BCUT2D eigenvalue weighted by molar-refractivity contribution is 0.0102. The monoisotopic (exact) mass is 277 g/mol. The number of aliphatic hydroxyl groups is 1. The van der Waals surface area contributed by atoms with E-state index < -0.39 is 15.6 Å². The van der Waals surface area contributed by atoms with E-state index in [-0.39, 0.29) is 18.2 Å². The molecule has 0 aromatic rings. The fraction of sp³-hybridized carbons (Fsp3) is 1.00. The van der Waals surface area contributed by atoms with Crippen LogP contribution in [0.2, 0.25) is 0 Å². The molecule has 1 aliphatic carbocycles. The lowest BCUT2D eigenvalue weighted by Crippen LogP contribution is -2.46. The molecule has 2 atom stereocenters. The Morgan fingerprint density at radius 3 is 2.44 bits per heavy atom. The summed E-state index contributed by atoms with van der Waals surface area (Å²) in [5.74, 6) is 0.589. The summed E-state index contributed by atoms with van der Waals surface area (Å²) in [6.07, 6.45) is 5.15. The van der Waals surface area contributed by atoms with Crippen molar-refractivity contribution in [2.24, 2.45) is 11.8 Å². The van der Waals surface area contributed by atoms with E-state index in [1.54, 1.807) is 6.92 Å². The largest absolute Gasteiger partial charge is 0.389 e. The lowest BCUT2D eigenvalue weighted by atomic mass is 9.89. The van der Waals surface area contributed by atoms with Crippen molar-refractivity contribution in [2.45, 2.75) is 58.5 Å². The van der Waals surface area contributed by atoms with Gasteiger partial charge < -0.3 is 5.11 Å². The molecule has 0 amide bonds. The smallest absolute Gasteiger partial charge is 0.211 e. The van der Waals surface area contributed by atoms with E-state index in [2.05, 4.69) is 4.72 Å². The van der Waals surface area contributed by atoms with Gasteiger partial charge >= 0.3 is 0 Å². The normalized spacial score (nSPS) is 22.9. The van der Waals surface area contributed by atoms with Crippen LogP contribution in [0.1, 0.15) is 52.9 Å². The molecule has 108 valence electrons. The van der Waals surface area contributed by atoms with E-state index in [4.69, 9.17) is 0 Å². The highest BCUT2D eigenvalue weighted by Gasteiger charge is 2.30. The summed E-state index contributed by atoms with van der Waals surface area (Å²) < 4.78 is 26.4. The second-order valence-electron chi connectivity index (χ2n) is 5.92. The van der Waals surface area contributed by atoms with Crippen molar-refractivity contribution >= 4 is 10.0 Å². The van der Waals surface area contributed by atoms with Crippen LogP contribution >= 0.6 is 0 Å². The topological polar surface area (TPSA) is 66.4 Å². The Kier molecular flexibility index (Phi) is 5.62. The van der Waals surface area contributed by atoms with Gasteiger partial charge in [0.25, 0.3) is 0 Å². The second kappa shape index (κ2) is 6.35. The van der Waals surface area contributed by atoms with Crippen molar-refractivity contribution in [3.05, 3.63) is 0 Å². The summed E-state index contributed by atoms with van der Waals surface area (Å²) in [5, 5.41) is 10.2. The Morgan fingerprint density at radius 2 is 1.94 bits per heavy atom. The molecule has 2 N–H and O–H groups in total. The Morgan fingerprint density at radius 1 is 1.39 bits per heavy atom. The zero-order chi connectivity index (χ0) is 13.8.